The summed E-state index contributed by atoms with van der Waals surface area (Å²) in [5.74, 6) is 1.49. The smallest absolute Gasteiger partial charge is 0.240 e. The first-order chi connectivity index (χ1) is 8.32. The molecular weight excluding hydrogens is 264 g/mol. The van der Waals surface area contributed by atoms with E-state index in [0.717, 1.165) is 38.4 Å². The predicted molar refractivity (Wildman–Crippen MR) is 77.3 cm³/mol. The Balaban J connectivity index is 0.00000180. The monoisotopic (exact) mass is 288 g/mol. The summed E-state index contributed by atoms with van der Waals surface area (Å²) in [6.45, 7) is 12.0. The molecule has 1 aliphatic heterocycles. The van der Waals surface area contributed by atoms with E-state index in [9.17, 15) is 0 Å². The molecule has 0 amide bonds. The van der Waals surface area contributed by atoms with E-state index in [1.807, 2.05) is 0 Å². The highest BCUT2D eigenvalue weighted by Crippen LogP contribution is 2.29. The fourth-order valence-electron chi connectivity index (χ4n) is 2.24. The maximum atomic E-state index is 5.81. The molecule has 1 fully saturated rings. The predicted octanol–water partition coefficient (Wildman–Crippen LogP) is 1.96. The third-order valence-corrected chi connectivity index (χ3v) is 3.63. The molecule has 6 heteroatoms. The first-order valence-electron chi connectivity index (χ1n) is 6.58. The molecule has 0 bridgehead atoms. The minimum atomic E-state index is -0.0570. The average Bonchev–Trinajstić information content (AvgIpc) is 2.86. The van der Waals surface area contributed by atoms with E-state index in [-0.39, 0.29) is 23.2 Å². The molecule has 1 saturated heterocycles. The molecule has 0 saturated carbocycles. The highest BCUT2D eigenvalue weighted by Gasteiger charge is 2.33. The molecule has 5 nitrogen and oxygen atoms in total. The van der Waals surface area contributed by atoms with Gasteiger partial charge in [0.15, 0.2) is 5.82 Å². The lowest BCUT2D eigenvalue weighted by molar-refractivity contribution is 0.238. The Bertz CT molecular complexity index is 415. The quantitative estimate of drug-likeness (QED) is 0.921. The highest BCUT2D eigenvalue weighted by atomic mass is 35.5. The second kappa shape index (κ2) is 5.77. The topological polar surface area (TPSA) is 68.2 Å². The van der Waals surface area contributed by atoms with E-state index >= 15 is 0 Å². The van der Waals surface area contributed by atoms with Crippen LogP contribution in [0.2, 0.25) is 0 Å². The largest absolute Gasteiger partial charge is 0.338 e. The van der Waals surface area contributed by atoms with Gasteiger partial charge in [-0.3, -0.25) is 4.90 Å². The molecule has 1 aliphatic rings. The van der Waals surface area contributed by atoms with Crippen LogP contribution < -0.4 is 5.73 Å². The molecule has 110 valence electrons. The SMILES string of the molecule is CC1(CN)CCN(Cc2nc(C(C)(C)C)no2)C1.Cl. The van der Waals surface area contributed by atoms with Crippen molar-refractivity contribution in [3.05, 3.63) is 11.7 Å². The summed E-state index contributed by atoms with van der Waals surface area (Å²) in [6, 6.07) is 0. The maximum Gasteiger partial charge on any atom is 0.240 e. The standard InChI is InChI=1S/C13H24N4O.ClH/c1-12(2,3)11-15-10(18-16-11)7-17-6-5-13(4,8-14)9-17;/h5-9,14H2,1-4H3;1H. The molecule has 1 unspecified atom stereocenters. The average molecular weight is 289 g/mol. The van der Waals surface area contributed by atoms with Gasteiger partial charge in [0, 0.05) is 12.0 Å². The molecular formula is C13H25ClN4O. The lowest BCUT2D eigenvalue weighted by atomic mass is 9.90. The zero-order valence-corrected chi connectivity index (χ0v) is 13.1. The highest BCUT2D eigenvalue weighted by molar-refractivity contribution is 5.85. The van der Waals surface area contributed by atoms with Gasteiger partial charge in [0.05, 0.1) is 6.54 Å². The minimum absolute atomic E-state index is 0. The van der Waals surface area contributed by atoms with Gasteiger partial charge in [-0.2, -0.15) is 4.98 Å². The zero-order chi connectivity index (χ0) is 13.4. The van der Waals surface area contributed by atoms with Crippen molar-refractivity contribution in [2.24, 2.45) is 11.1 Å². The van der Waals surface area contributed by atoms with Crippen LogP contribution in [-0.4, -0.2) is 34.7 Å². The number of halogens is 1. The van der Waals surface area contributed by atoms with Crippen molar-refractivity contribution in [2.75, 3.05) is 19.6 Å². The molecule has 2 rings (SSSR count). The van der Waals surface area contributed by atoms with Gasteiger partial charge >= 0.3 is 0 Å². The molecule has 2 N–H and O–H groups in total. The summed E-state index contributed by atoms with van der Waals surface area (Å²) < 4.78 is 5.32. The second-order valence-corrected chi connectivity index (χ2v) is 6.74. The van der Waals surface area contributed by atoms with Crippen LogP contribution in [0.5, 0.6) is 0 Å². The number of nitrogens with zero attached hydrogens (tertiary/aromatic N) is 3. The minimum Gasteiger partial charge on any atom is -0.338 e. The van der Waals surface area contributed by atoms with E-state index in [1.165, 1.54) is 0 Å². The van der Waals surface area contributed by atoms with Crippen LogP contribution in [-0.2, 0) is 12.0 Å². The maximum absolute atomic E-state index is 5.81. The van der Waals surface area contributed by atoms with Gasteiger partial charge in [0.25, 0.3) is 0 Å². The van der Waals surface area contributed by atoms with E-state index in [4.69, 9.17) is 10.3 Å². The first kappa shape index (κ1) is 16.4. The van der Waals surface area contributed by atoms with Crippen molar-refractivity contribution in [1.82, 2.24) is 15.0 Å². The molecule has 1 atom stereocenters. The molecule has 0 aromatic carbocycles. The first-order valence-corrected chi connectivity index (χ1v) is 6.58. The molecule has 0 spiro atoms. The number of likely N-dealkylation sites (tertiary alicyclic amines) is 1. The van der Waals surface area contributed by atoms with Crippen LogP contribution in [0, 0.1) is 5.41 Å². The van der Waals surface area contributed by atoms with Gasteiger partial charge in [-0.05, 0) is 24.9 Å². The summed E-state index contributed by atoms with van der Waals surface area (Å²) in [5.41, 5.74) is 5.99. The lowest BCUT2D eigenvalue weighted by Crippen LogP contribution is -2.31. The van der Waals surface area contributed by atoms with Crippen molar-refractivity contribution >= 4 is 12.4 Å². The molecule has 0 radical (unpaired) electrons. The second-order valence-electron chi connectivity index (χ2n) is 6.74. The van der Waals surface area contributed by atoms with Crippen molar-refractivity contribution in [3.63, 3.8) is 0 Å². The molecule has 2 heterocycles. The van der Waals surface area contributed by atoms with Gasteiger partial charge in [-0.25, -0.2) is 0 Å². The van der Waals surface area contributed by atoms with Gasteiger partial charge in [-0.15, -0.1) is 12.4 Å². The summed E-state index contributed by atoms with van der Waals surface area (Å²) in [7, 11) is 0. The summed E-state index contributed by atoms with van der Waals surface area (Å²) in [6.07, 6.45) is 1.14. The van der Waals surface area contributed by atoms with E-state index in [1.54, 1.807) is 0 Å². The number of nitrogens with two attached hydrogens (primary N) is 1. The Morgan fingerprint density at radius 1 is 1.42 bits per heavy atom. The Hall–Kier alpha value is -0.650. The Morgan fingerprint density at radius 3 is 2.58 bits per heavy atom. The van der Waals surface area contributed by atoms with Crippen LogP contribution in [0.15, 0.2) is 4.52 Å². The number of hydrogen-bond donors (Lipinski definition) is 1. The molecule has 19 heavy (non-hydrogen) atoms. The Morgan fingerprint density at radius 2 is 2.11 bits per heavy atom. The van der Waals surface area contributed by atoms with Gasteiger partial charge in [-0.1, -0.05) is 32.9 Å². The molecule has 1 aromatic heterocycles. The van der Waals surface area contributed by atoms with Gasteiger partial charge in [0.1, 0.15) is 0 Å². The van der Waals surface area contributed by atoms with Crippen molar-refractivity contribution in [3.8, 4) is 0 Å². The lowest BCUT2D eigenvalue weighted by Gasteiger charge is -2.21. The Labute approximate surface area is 121 Å². The van der Waals surface area contributed by atoms with Gasteiger partial charge < -0.3 is 10.3 Å². The molecule has 0 aliphatic carbocycles. The third-order valence-electron chi connectivity index (χ3n) is 3.63. The summed E-state index contributed by atoms with van der Waals surface area (Å²) in [5, 5.41) is 4.05. The normalized spacial score (nSPS) is 24.5. The fourth-order valence-corrected chi connectivity index (χ4v) is 2.24. The van der Waals surface area contributed by atoms with E-state index in [0.29, 0.717) is 5.89 Å². The van der Waals surface area contributed by atoms with Crippen LogP contribution >= 0.6 is 12.4 Å². The third kappa shape index (κ3) is 3.91. The fraction of sp³-hybridized carbons (Fsp3) is 0.846. The van der Waals surface area contributed by atoms with Gasteiger partial charge in [0.2, 0.25) is 5.89 Å². The van der Waals surface area contributed by atoms with Crippen LogP contribution in [0.3, 0.4) is 0 Å². The zero-order valence-electron chi connectivity index (χ0n) is 12.3. The number of hydrogen-bond acceptors (Lipinski definition) is 5. The Kier molecular flexibility index (Phi) is 4.98. The number of aromatic nitrogens is 2. The number of rotatable bonds is 3. The van der Waals surface area contributed by atoms with Crippen molar-refractivity contribution in [1.29, 1.82) is 0 Å². The molecule has 1 aromatic rings. The summed E-state index contributed by atoms with van der Waals surface area (Å²) in [4.78, 5) is 6.81. The van der Waals surface area contributed by atoms with Crippen molar-refractivity contribution < 1.29 is 4.52 Å². The van der Waals surface area contributed by atoms with Crippen molar-refractivity contribution in [2.45, 2.75) is 46.1 Å². The van der Waals surface area contributed by atoms with Crippen LogP contribution in [0.1, 0.15) is 45.8 Å². The van der Waals surface area contributed by atoms with Crippen LogP contribution in [0.4, 0.5) is 0 Å². The summed E-state index contributed by atoms with van der Waals surface area (Å²) >= 11 is 0. The van der Waals surface area contributed by atoms with Crippen LogP contribution in [0.25, 0.3) is 0 Å². The van der Waals surface area contributed by atoms with E-state index < -0.39 is 0 Å². The van der Waals surface area contributed by atoms with E-state index in [2.05, 4.69) is 42.7 Å².